The van der Waals surface area contributed by atoms with E-state index in [0.29, 0.717) is 6.61 Å². The number of ether oxygens (including phenoxy) is 7. The van der Waals surface area contributed by atoms with E-state index in [1.165, 1.54) is 25.9 Å². The Morgan fingerprint density at radius 1 is 1.06 bits per heavy atom. The predicted octanol–water partition coefficient (Wildman–Crippen LogP) is 0.623. The van der Waals surface area contributed by atoms with Crippen molar-refractivity contribution in [1.29, 1.82) is 0 Å². The molecule has 178 valence electrons. The van der Waals surface area contributed by atoms with E-state index in [2.05, 4.69) is 0 Å². The highest BCUT2D eigenvalue weighted by molar-refractivity contribution is 5.77. The molecule has 3 aliphatic rings. The zero-order valence-corrected chi connectivity index (χ0v) is 19.1. The minimum absolute atomic E-state index is 0.292. The van der Waals surface area contributed by atoms with Crippen molar-refractivity contribution in [3.05, 3.63) is 0 Å². The van der Waals surface area contributed by atoms with Crippen LogP contribution in [0.2, 0.25) is 0 Å². The molecule has 3 saturated heterocycles. The van der Waals surface area contributed by atoms with Crippen molar-refractivity contribution < 1.29 is 47.9 Å². The van der Waals surface area contributed by atoms with Crippen molar-refractivity contribution in [2.45, 2.75) is 76.9 Å². The molecule has 0 bridgehead atoms. The fourth-order valence-electron chi connectivity index (χ4n) is 3.63. The van der Waals surface area contributed by atoms with Gasteiger partial charge >= 0.3 is 12.1 Å². The van der Waals surface area contributed by atoms with Crippen LogP contribution in [0.1, 0.15) is 34.6 Å². The molecule has 11 heteroatoms. The second kappa shape index (κ2) is 8.45. The molecular formula is C20H33NO10. The predicted molar refractivity (Wildman–Crippen MR) is 104 cm³/mol. The average Bonchev–Trinajstić information content (AvgIpc) is 3.29. The molecule has 3 heterocycles. The summed E-state index contributed by atoms with van der Waals surface area (Å²) in [7, 11) is 3.03. The number of fused-ring (bicyclic) bond motifs is 1. The summed E-state index contributed by atoms with van der Waals surface area (Å²) in [6, 6.07) is 0. The third kappa shape index (κ3) is 5.12. The summed E-state index contributed by atoms with van der Waals surface area (Å²) >= 11 is 0. The lowest BCUT2D eigenvalue weighted by molar-refractivity contribution is -0.249. The maximum absolute atomic E-state index is 12.9. The maximum Gasteiger partial charge on any atom is 0.409 e. The standard InChI is InChI=1S/C20H33NO10/c1-18(2)26-8-11(29-18)12-13-14(31-19(3,4)30-13)15(27-12)28-16(23)20(5,9-22)10-25-17(24)21(6)7/h11-15,22H,8-10H2,1-7H3/t11?,12-,13+,14+,15?,20?/m1/s1. The molecule has 31 heavy (non-hydrogen) atoms. The van der Waals surface area contributed by atoms with Crippen LogP contribution >= 0.6 is 0 Å². The summed E-state index contributed by atoms with van der Waals surface area (Å²) in [6.07, 6.45) is -3.98. The van der Waals surface area contributed by atoms with Crippen LogP contribution in [0.5, 0.6) is 0 Å². The first-order chi connectivity index (χ1) is 14.3. The molecule has 0 aromatic rings. The van der Waals surface area contributed by atoms with Crippen molar-refractivity contribution in [3.8, 4) is 0 Å². The summed E-state index contributed by atoms with van der Waals surface area (Å²) in [6.45, 7) is 7.90. The SMILES string of the molecule is CN(C)C(=O)OCC(C)(CO)C(=O)OC1O[C@H](C2COC(C)(C)O2)[C@@H]2OC(C)(C)O[C@H]12. The van der Waals surface area contributed by atoms with Gasteiger partial charge in [-0.3, -0.25) is 4.79 Å². The van der Waals surface area contributed by atoms with Crippen molar-refractivity contribution >= 4 is 12.1 Å². The van der Waals surface area contributed by atoms with Gasteiger partial charge in [-0.15, -0.1) is 0 Å². The molecule has 3 fully saturated rings. The number of nitrogens with zero attached hydrogens (tertiary/aromatic N) is 1. The Hall–Kier alpha value is -1.50. The van der Waals surface area contributed by atoms with Crippen LogP contribution in [-0.2, 0) is 38.0 Å². The Kier molecular flexibility index (Phi) is 6.58. The van der Waals surface area contributed by atoms with Gasteiger partial charge in [-0.1, -0.05) is 0 Å². The van der Waals surface area contributed by atoms with Gasteiger partial charge in [0.2, 0.25) is 6.29 Å². The number of hydrogen-bond acceptors (Lipinski definition) is 10. The average molecular weight is 447 g/mol. The quantitative estimate of drug-likeness (QED) is 0.580. The highest BCUT2D eigenvalue weighted by atomic mass is 16.8. The van der Waals surface area contributed by atoms with Crippen molar-refractivity contribution in [2.24, 2.45) is 5.41 Å². The van der Waals surface area contributed by atoms with E-state index in [-0.39, 0.29) is 6.61 Å². The summed E-state index contributed by atoms with van der Waals surface area (Å²) in [5.41, 5.74) is -1.48. The lowest BCUT2D eigenvalue weighted by Gasteiger charge is -2.29. The first-order valence-corrected chi connectivity index (χ1v) is 10.3. The van der Waals surface area contributed by atoms with E-state index in [4.69, 9.17) is 33.2 Å². The number of aliphatic hydroxyl groups is 1. The normalized spacial score (nSPS) is 35.3. The fraction of sp³-hybridized carbons (Fsp3) is 0.900. The molecule has 3 unspecified atom stereocenters. The Morgan fingerprint density at radius 3 is 2.26 bits per heavy atom. The van der Waals surface area contributed by atoms with E-state index in [0.717, 1.165) is 0 Å². The van der Waals surface area contributed by atoms with Crippen LogP contribution in [0.4, 0.5) is 4.79 Å². The van der Waals surface area contributed by atoms with Gasteiger partial charge < -0.3 is 43.2 Å². The van der Waals surface area contributed by atoms with Crippen LogP contribution in [0.25, 0.3) is 0 Å². The molecule has 0 radical (unpaired) electrons. The smallest absolute Gasteiger partial charge is 0.409 e. The van der Waals surface area contributed by atoms with Gasteiger partial charge in [0.25, 0.3) is 0 Å². The second-order valence-corrected chi connectivity index (χ2v) is 9.47. The highest BCUT2D eigenvalue weighted by Gasteiger charge is 2.60. The third-order valence-corrected chi connectivity index (χ3v) is 5.39. The van der Waals surface area contributed by atoms with Gasteiger partial charge in [-0.25, -0.2) is 4.79 Å². The van der Waals surface area contributed by atoms with E-state index in [1.807, 2.05) is 0 Å². The number of carbonyl (C=O) groups is 2. The number of rotatable bonds is 6. The van der Waals surface area contributed by atoms with E-state index < -0.39 is 66.4 Å². The second-order valence-electron chi connectivity index (χ2n) is 9.47. The lowest BCUT2D eigenvalue weighted by Crippen LogP contribution is -2.43. The third-order valence-electron chi connectivity index (χ3n) is 5.39. The number of hydrogen-bond donors (Lipinski definition) is 1. The van der Waals surface area contributed by atoms with E-state index in [1.54, 1.807) is 27.7 Å². The van der Waals surface area contributed by atoms with Gasteiger partial charge in [0.15, 0.2) is 17.7 Å². The lowest BCUT2D eigenvalue weighted by atomic mass is 9.93. The molecule has 0 aromatic carbocycles. The largest absolute Gasteiger partial charge is 0.448 e. The molecule has 0 spiro atoms. The Morgan fingerprint density at radius 2 is 1.71 bits per heavy atom. The van der Waals surface area contributed by atoms with Crippen molar-refractivity contribution in [3.63, 3.8) is 0 Å². The highest BCUT2D eigenvalue weighted by Crippen LogP contribution is 2.43. The topological polar surface area (TPSA) is 122 Å². The number of carbonyl (C=O) groups excluding carboxylic acids is 2. The molecule has 0 aliphatic carbocycles. The van der Waals surface area contributed by atoms with Gasteiger partial charge in [0.05, 0.1) is 13.2 Å². The van der Waals surface area contributed by atoms with Crippen LogP contribution in [0.3, 0.4) is 0 Å². The Bertz CT molecular complexity index is 695. The monoisotopic (exact) mass is 447 g/mol. The molecular weight excluding hydrogens is 414 g/mol. The summed E-state index contributed by atoms with van der Waals surface area (Å²) in [5, 5.41) is 9.79. The maximum atomic E-state index is 12.9. The molecule has 3 aliphatic heterocycles. The first-order valence-electron chi connectivity index (χ1n) is 10.3. The molecule has 0 saturated carbocycles. The molecule has 3 rings (SSSR count). The zero-order chi connectivity index (χ0) is 23.2. The summed E-state index contributed by atoms with van der Waals surface area (Å²) < 4.78 is 40.1. The van der Waals surface area contributed by atoms with Gasteiger partial charge in [0.1, 0.15) is 30.3 Å². The number of aliphatic hydroxyl groups excluding tert-OH is 1. The molecule has 1 N–H and O–H groups in total. The van der Waals surface area contributed by atoms with Crippen molar-refractivity contribution in [1.82, 2.24) is 4.90 Å². The fourth-order valence-corrected chi connectivity index (χ4v) is 3.63. The molecule has 6 atom stereocenters. The van der Waals surface area contributed by atoms with Crippen LogP contribution in [0, 0.1) is 5.41 Å². The van der Waals surface area contributed by atoms with Gasteiger partial charge in [-0.2, -0.15) is 0 Å². The van der Waals surface area contributed by atoms with E-state index in [9.17, 15) is 14.7 Å². The van der Waals surface area contributed by atoms with Gasteiger partial charge in [-0.05, 0) is 34.6 Å². The summed E-state index contributed by atoms with van der Waals surface area (Å²) in [5.74, 6) is -2.46. The van der Waals surface area contributed by atoms with E-state index >= 15 is 0 Å². The van der Waals surface area contributed by atoms with Crippen LogP contribution < -0.4 is 0 Å². The molecule has 0 aromatic heterocycles. The minimum Gasteiger partial charge on any atom is -0.448 e. The Balaban J connectivity index is 1.71. The molecule has 11 nitrogen and oxygen atoms in total. The van der Waals surface area contributed by atoms with Crippen LogP contribution in [-0.4, -0.2) is 98.3 Å². The zero-order valence-electron chi connectivity index (χ0n) is 19.1. The molecule has 1 amide bonds. The number of amides is 1. The Labute approximate surface area is 181 Å². The van der Waals surface area contributed by atoms with Crippen molar-refractivity contribution in [2.75, 3.05) is 33.9 Å². The summed E-state index contributed by atoms with van der Waals surface area (Å²) in [4.78, 5) is 25.8. The van der Waals surface area contributed by atoms with Gasteiger partial charge in [0, 0.05) is 14.1 Å². The minimum atomic E-state index is -1.48. The van der Waals surface area contributed by atoms with Crippen LogP contribution in [0.15, 0.2) is 0 Å². The number of esters is 1. The first kappa shape index (κ1) is 24.1.